The Morgan fingerprint density at radius 2 is 2.00 bits per heavy atom. The van der Waals surface area contributed by atoms with E-state index in [0.29, 0.717) is 0 Å². The third-order valence-electron chi connectivity index (χ3n) is 4.56. The van der Waals surface area contributed by atoms with E-state index in [1.54, 1.807) is 29.9 Å². The molecule has 1 fully saturated rings. The highest BCUT2D eigenvalue weighted by Gasteiger charge is 2.28. The highest BCUT2D eigenvalue weighted by Crippen LogP contribution is 2.21. The minimum Gasteiger partial charge on any atom is -0.484 e. The molecule has 0 saturated carbocycles. The molecule has 7 nitrogen and oxygen atoms in total. The lowest BCUT2D eigenvalue weighted by atomic mass is 10.1. The quantitative estimate of drug-likeness (QED) is 0.783. The number of amides is 1. The lowest BCUT2D eigenvalue weighted by Crippen LogP contribution is -2.29. The van der Waals surface area contributed by atoms with E-state index in [4.69, 9.17) is 0 Å². The van der Waals surface area contributed by atoms with E-state index in [0.717, 1.165) is 31.5 Å². The topological polar surface area (TPSA) is 81.1 Å². The monoisotopic (exact) mass is 397 g/mol. The summed E-state index contributed by atoms with van der Waals surface area (Å²) in [6, 6.07) is 5.99. The summed E-state index contributed by atoms with van der Waals surface area (Å²) >= 11 is 0. The summed E-state index contributed by atoms with van der Waals surface area (Å²) in [4.78, 5) is 12.4. The molecule has 2 heterocycles. The number of carbonyl (C=O) groups is 1. The van der Waals surface area contributed by atoms with Crippen LogP contribution in [0.25, 0.3) is 0 Å². The Balaban J connectivity index is 1.56. The summed E-state index contributed by atoms with van der Waals surface area (Å²) in [7, 11) is 0. The second-order valence-electron chi connectivity index (χ2n) is 6.73. The average Bonchev–Trinajstić information content (AvgIpc) is 3.17. The summed E-state index contributed by atoms with van der Waals surface area (Å²) < 4.78 is 43.0. The zero-order valence-corrected chi connectivity index (χ0v) is 15.4. The first-order valence-electron chi connectivity index (χ1n) is 9.05. The number of alkyl halides is 3. The van der Waals surface area contributed by atoms with Gasteiger partial charge in [0.2, 0.25) is 0 Å². The second-order valence-corrected chi connectivity index (χ2v) is 6.73. The SMILES string of the molecule is CC(NC(=O)c1cn(C2CCNCC2)nn1)c1ccc(OCC(F)(F)F)cc1. The van der Waals surface area contributed by atoms with E-state index in [-0.39, 0.29) is 29.4 Å². The number of ether oxygens (including phenoxy) is 1. The van der Waals surface area contributed by atoms with Crippen molar-refractivity contribution >= 4 is 5.91 Å². The summed E-state index contributed by atoms with van der Waals surface area (Å²) in [5.74, 6) is -0.241. The van der Waals surface area contributed by atoms with Gasteiger partial charge in [0.25, 0.3) is 5.91 Å². The van der Waals surface area contributed by atoms with Gasteiger partial charge in [0, 0.05) is 0 Å². The lowest BCUT2D eigenvalue weighted by Gasteiger charge is -2.22. The Hall–Kier alpha value is -2.62. The number of carbonyl (C=O) groups excluding carboxylic acids is 1. The van der Waals surface area contributed by atoms with Gasteiger partial charge >= 0.3 is 6.18 Å². The van der Waals surface area contributed by atoms with Crippen LogP contribution >= 0.6 is 0 Å². The number of nitrogens with zero attached hydrogens (tertiary/aromatic N) is 3. The Morgan fingerprint density at radius 1 is 1.32 bits per heavy atom. The predicted octanol–water partition coefficient (Wildman–Crippen LogP) is 2.63. The Bertz CT molecular complexity index is 785. The molecule has 1 atom stereocenters. The van der Waals surface area contributed by atoms with Crippen LogP contribution < -0.4 is 15.4 Å². The van der Waals surface area contributed by atoms with Crippen LogP contribution in [-0.2, 0) is 0 Å². The summed E-state index contributed by atoms with van der Waals surface area (Å²) in [5, 5.41) is 14.1. The molecule has 1 aliphatic rings. The molecule has 152 valence electrons. The number of halogens is 3. The van der Waals surface area contributed by atoms with Gasteiger partial charge in [-0.1, -0.05) is 17.3 Å². The van der Waals surface area contributed by atoms with Crippen LogP contribution in [0.5, 0.6) is 5.75 Å². The number of aromatic nitrogens is 3. The fourth-order valence-electron chi connectivity index (χ4n) is 3.00. The number of benzene rings is 1. The number of hydrogen-bond acceptors (Lipinski definition) is 5. The number of piperidine rings is 1. The minimum absolute atomic E-state index is 0.115. The Morgan fingerprint density at radius 3 is 2.64 bits per heavy atom. The fraction of sp³-hybridized carbons (Fsp3) is 0.500. The van der Waals surface area contributed by atoms with Gasteiger partial charge in [-0.15, -0.1) is 5.10 Å². The van der Waals surface area contributed by atoms with Crippen molar-refractivity contribution in [2.75, 3.05) is 19.7 Å². The van der Waals surface area contributed by atoms with Crippen LogP contribution in [0.4, 0.5) is 13.2 Å². The molecular formula is C18H22F3N5O2. The van der Waals surface area contributed by atoms with Crippen molar-refractivity contribution in [3.63, 3.8) is 0 Å². The van der Waals surface area contributed by atoms with Gasteiger partial charge in [-0.25, -0.2) is 4.68 Å². The molecule has 1 aliphatic heterocycles. The van der Waals surface area contributed by atoms with E-state index in [9.17, 15) is 18.0 Å². The van der Waals surface area contributed by atoms with Gasteiger partial charge in [0.15, 0.2) is 12.3 Å². The maximum absolute atomic E-state index is 12.4. The van der Waals surface area contributed by atoms with Crippen molar-refractivity contribution in [1.29, 1.82) is 0 Å². The normalized spacial score (nSPS) is 16.6. The van der Waals surface area contributed by atoms with Crippen LogP contribution in [0, 0.1) is 0 Å². The van der Waals surface area contributed by atoms with Gasteiger partial charge in [0.05, 0.1) is 18.3 Å². The van der Waals surface area contributed by atoms with Crippen LogP contribution in [0.3, 0.4) is 0 Å². The summed E-state index contributed by atoms with van der Waals surface area (Å²) in [6.45, 7) is 2.25. The largest absolute Gasteiger partial charge is 0.484 e. The lowest BCUT2D eigenvalue weighted by molar-refractivity contribution is -0.153. The van der Waals surface area contributed by atoms with Gasteiger partial charge < -0.3 is 15.4 Å². The Kier molecular flexibility index (Phi) is 6.18. The second kappa shape index (κ2) is 8.59. The molecule has 10 heteroatoms. The van der Waals surface area contributed by atoms with Crippen molar-refractivity contribution in [3.8, 4) is 5.75 Å². The molecule has 0 bridgehead atoms. The maximum Gasteiger partial charge on any atom is 0.422 e. The summed E-state index contributed by atoms with van der Waals surface area (Å²) in [6.07, 6.45) is -0.870. The van der Waals surface area contributed by atoms with E-state index < -0.39 is 12.8 Å². The summed E-state index contributed by atoms with van der Waals surface area (Å²) in [5.41, 5.74) is 0.967. The van der Waals surface area contributed by atoms with Gasteiger partial charge in [-0.05, 0) is 50.6 Å². The third-order valence-corrected chi connectivity index (χ3v) is 4.56. The van der Waals surface area contributed by atoms with E-state index >= 15 is 0 Å². The Labute approximate surface area is 160 Å². The third kappa shape index (κ3) is 5.44. The smallest absolute Gasteiger partial charge is 0.422 e. The molecule has 1 aromatic heterocycles. The fourth-order valence-corrected chi connectivity index (χ4v) is 3.00. The number of nitrogens with one attached hydrogen (secondary N) is 2. The molecule has 2 aromatic rings. The van der Waals surface area contributed by atoms with Gasteiger partial charge in [-0.3, -0.25) is 4.79 Å². The molecular weight excluding hydrogens is 375 g/mol. The molecule has 1 saturated heterocycles. The zero-order chi connectivity index (χ0) is 20.1. The van der Waals surface area contributed by atoms with Gasteiger partial charge in [0.1, 0.15) is 5.75 Å². The molecule has 0 spiro atoms. The van der Waals surface area contributed by atoms with E-state index in [1.165, 1.54) is 12.1 Å². The van der Waals surface area contributed by atoms with Crippen LogP contribution in [0.15, 0.2) is 30.5 Å². The molecule has 2 N–H and O–H groups in total. The first-order chi connectivity index (χ1) is 13.3. The van der Waals surface area contributed by atoms with Gasteiger partial charge in [-0.2, -0.15) is 13.2 Å². The minimum atomic E-state index is -4.38. The predicted molar refractivity (Wildman–Crippen MR) is 95.0 cm³/mol. The van der Waals surface area contributed by atoms with Crippen LogP contribution in [0.2, 0.25) is 0 Å². The molecule has 3 rings (SSSR count). The number of rotatable bonds is 6. The zero-order valence-electron chi connectivity index (χ0n) is 15.4. The van der Waals surface area contributed by atoms with E-state index in [2.05, 4.69) is 25.7 Å². The highest BCUT2D eigenvalue weighted by molar-refractivity contribution is 5.92. The van der Waals surface area contributed by atoms with Crippen LogP contribution in [-0.4, -0.2) is 46.8 Å². The molecule has 0 aliphatic carbocycles. The molecule has 1 unspecified atom stereocenters. The molecule has 0 radical (unpaired) electrons. The standard InChI is InChI=1S/C18H22F3N5O2/c1-12(13-2-4-15(5-3-13)28-11-18(19,20)21)23-17(27)16-10-26(25-24-16)14-6-8-22-9-7-14/h2-5,10,12,14,22H,6-9,11H2,1H3,(H,23,27). The van der Waals surface area contributed by atoms with Crippen molar-refractivity contribution in [2.24, 2.45) is 0 Å². The highest BCUT2D eigenvalue weighted by atomic mass is 19.4. The first-order valence-corrected chi connectivity index (χ1v) is 9.05. The average molecular weight is 397 g/mol. The van der Waals surface area contributed by atoms with Crippen LogP contribution in [0.1, 0.15) is 47.9 Å². The first kappa shape index (κ1) is 20.1. The molecule has 28 heavy (non-hydrogen) atoms. The van der Waals surface area contributed by atoms with Crippen molar-refractivity contribution in [1.82, 2.24) is 25.6 Å². The maximum atomic E-state index is 12.4. The number of hydrogen-bond donors (Lipinski definition) is 2. The van der Waals surface area contributed by atoms with Crippen molar-refractivity contribution in [3.05, 3.63) is 41.7 Å². The van der Waals surface area contributed by atoms with E-state index in [1.807, 2.05) is 0 Å². The molecule has 1 aromatic carbocycles. The van der Waals surface area contributed by atoms with Crippen molar-refractivity contribution < 1.29 is 22.7 Å². The van der Waals surface area contributed by atoms with Crippen molar-refractivity contribution in [2.45, 2.75) is 38.0 Å². The molecule has 1 amide bonds.